The topological polar surface area (TPSA) is 149 Å². The van der Waals surface area contributed by atoms with Crippen molar-refractivity contribution in [1.29, 1.82) is 0 Å². The Bertz CT molecular complexity index is 213. The van der Waals surface area contributed by atoms with Crippen molar-refractivity contribution in [2.45, 2.75) is 0 Å². The van der Waals surface area contributed by atoms with Gasteiger partial charge in [-0.2, -0.15) is 16.8 Å². The smallest absolute Gasteiger partial charge is 0.264 e. The Hall–Kier alpha value is 0.740. The number of hydrogen-bond donors (Lipinski definition) is 4. The van der Waals surface area contributed by atoms with E-state index >= 15 is 0 Å². The van der Waals surface area contributed by atoms with Crippen LogP contribution in [0, 0.1) is 0 Å². The van der Waals surface area contributed by atoms with Crippen LogP contribution in [0.15, 0.2) is 0 Å². The average Bonchev–Trinajstić information content (AvgIpc) is 1.12. The predicted octanol–water partition coefficient (Wildman–Crippen LogP) is -1.31. The second-order valence-corrected chi connectivity index (χ2v) is 2.69. The van der Waals surface area contributed by atoms with E-state index in [9.17, 15) is 0 Å². The summed E-state index contributed by atoms with van der Waals surface area (Å²) in [5.74, 6) is 0. The molecule has 0 saturated heterocycles. The van der Waals surface area contributed by atoms with Crippen molar-refractivity contribution in [3.63, 3.8) is 0 Å². The van der Waals surface area contributed by atoms with Gasteiger partial charge in [0.2, 0.25) is 0 Å². The molecule has 83 valence electrons. The molecule has 0 atom stereocenters. The van der Waals surface area contributed by atoms with Gasteiger partial charge in [-0.25, -0.2) is 0 Å². The monoisotopic (exact) mass is 313 g/mol. The Morgan fingerprint density at radius 2 is 0.667 bits per heavy atom. The van der Waals surface area contributed by atoms with E-state index < -0.39 is 20.8 Å². The Morgan fingerprint density at radius 1 is 0.667 bits per heavy atom. The Labute approximate surface area is 89.0 Å². The molecule has 0 aromatic carbocycles. The second kappa shape index (κ2) is 8.34. The van der Waals surface area contributed by atoms with Crippen molar-refractivity contribution in [2.24, 2.45) is 0 Å². The zero-order valence-electron chi connectivity index (χ0n) is 4.89. The molecule has 8 nitrogen and oxygen atoms in total. The predicted molar refractivity (Wildman–Crippen MR) is 28.4 cm³/mol. The quantitative estimate of drug-likeness (QED) is 0.318. The largest absolute Gasteiger partial charge is 0.394 e. The van der Waals surface area contributed by atoms with Gasteiger partial charge in [0.15, 0.2) is 0 Å². The molecule has 1 radical (unpaired) electrons. The summed E-state index contributed by atoms with van der Waals surface area (Å²) in [5, 5.41) is 0. The van der Waals surface area contributed by atoms with E-state index in [2.05, 4.69) is 0 Å². The first-order valence-electron chi connectivity index (χ1n) is 1.40. The summed E-state index contributed by atoms with van der Waals surface area (Å²) >= 11 is 0. The molecule has 12 heteroatoms. The van der Waals surface area contributed by atoms with Gasteiger partial charge in [-0.1, -0.05) is 0 Å². The van der Waals surface area contributed by atoms with Gasteiger partial charge in [0.25, 0.3) is 0 Å². The molecule has 0 rings (SSSR count). The first-order chi connectivity index (χ1) is 4.00. The Morgan fingerprint density at radius 3 is 0.667 bits per heavy atom. The van der Waals surface area contributed by atoms with E-state index in [0.717, 1.165) is 0 Å². The summed E-state index contributed by atoms with van der Waals surface area (Å²) in [6.07, 6.45) is 0. The van der Waals surface area contributed by atoms with E-state index in [1.165, 1.54) is 0 Å². The standard InChI is InChI=1S/Co.Ni.2H2O4S/c;;2*1-5(2,3)4/h;;2*(H2,1,2,3,4). The first-order valence-corrected chi connectivity index (χ1v) is 4.19. The normalized spacial score (nSPS) is 9.67. The maximum atomic E-state index is 8.74. The minimum absolute atomic E-state index is 0. The van der Waals surface area contributed by atoms with Gasteiger partial charge in [0.05, 0.1) is 0 Å². The molecule has 4 N–H and O–H groups in total. The van der Waals surface area contributed by atoms with Gasteiger partial charge >= 0.3 is 20.8 Å². The van der Waals surface area contributed by atoms with Crippen LogP contribution in [0.5, 0.6) is 0 Å². The summed E-state index contributed by atoms with van der Waals surface area (Å²) in [6.45, 7) is 0. The molecule has 0 heterocycles. The van der Waals surface area contributed by atoms with Gasteiger partial charge in [-0.3, -0.25) is 18.2 Å². The van der Waals surface area contributed by atoms with Crippen molar-refractivity contribution in [1.82, 2.24) is 0 Å². The van der Waals surface area contributed by atoms with Crippen molar-refractivity contribution in [3.8, 4) is 0 Å². The number of rotatable bonds is 0. The zero-order chi connectivity index (χ0) is 9.00. The maximum Gasteiger partial charge on any atom is 0.394 e. The summed E-state index contributed by atoms with van der Waals surface area (Å²) in [6, 6.07) is 0. The Kier molecular flexibility index (Phi) is 16.0. The SMILES string of the molecule is O=S(=O)(O)O.O=S(=O)(O)O.[Co].[Ni]. The van der Waals surface area contributed by atoms with Gasteiger partial charge in [-0.15, -0.1) is 0 Å². The van der Waals surface area contributed by atoms with Crippen LogP contribution in [0.3, 0.4) is 0 Å². The van der Waals surface area contributed by atoms with E-state index in [-0.39, 0.29) is 33.3 Å². The molecule has 0 aliphatic rings. The van der Waals surface area contributed by atoms with Crippen LogP contribution in [0.2, 0.25) is 0 Å². The molecule has 0 aromatic rings. The third kappa shape index (κ3) is 1860. The molecule has 0 aliphatic heterocycles. The summed E-state index contributed by atoms with van der Waals surface area (Å²) in [7, 11) is -9.33. The second-order valence-electron chi connectivity index (χ2n) is 0.896. The van der Waals surface area contributed by atoms with Crippen LogP contribution in [0.4, 0.5) is 0 Å². The summed E-state index contributed by atoms with van der Waals surface area (Å²) in [5.41, 5.74) is 0. The van der Waals surface area contributed by atoms with E-state index in [0.29, 0.717) is 0 Å². The van der Waals surface area contributed by atoms with E-state index in [4.69, 9.17) is 35.0 Å². The van der Waals surface area contributed by atoms with Gasteiger partial charge in [0.1, 0.15) is 0 Å². The fourth-order valence-electron chi connectivity index (χ4n) is 0. The maximum absolute atomic E-state index is 8.74. The zero-order valence-corrected chi connectivity index (χ0v) is 8.55. The molecule has 0 bridgehead atoms. The molecule has 0 aliphatic carbocycles. The van der Waals surface area contributed by atoms with Crippen LogP contribution in [-0.2, 0) is 54.1 Å². The molecule has 0 saturated carbocycles. The van der Waals surface area contributed by atoms with Gasteiger partial charge in [-0.05, 0) is 0 Å². The molecular formula is H4CoNiO8S2. The van der Waals surface area contributed by atoms with Crippen LogP contribution in [0.1, 0.15) is 0 Å². The third-order valence-electron chi connectivity index (χ3n) is 0. The van der Waals surface area contributed by atoms with Crippen LogP contribution in [0.25, 0.3) is 0 Å². The average molecular weight is 314 g/mol. The van der Waals surface area contributed by atoms with E-state index in [1.54, 1.807) is 0 Å². The van der Waals surface area contributed by atoms with E-state index in [1.807, 2.05) is 0 Å². The molecular weight excluding hydrogens is 310 g/mol. The minimum Gasteiger partial charge on any atom is -0.264 e. The molecule has 0 unspecified atom stereocenters. The van der Waals surface area contributed by atoms with Crippen molar-refractivity contribution >= 4 is 20.8 Å². The van der Waals surface area contributed by atoms with Gasteiger partial charge in [0, 0.05) is 33.3 Å². The van der Waals surface area contributed by atoms with Crippen LogP contribution >= 0.6 is 0 Å². The fraction of sp³-hybridized carbons (Fsp3) is 0. The minimum atomic E-state index is -4.67. The van der Waals surface area contributed by atoms with Crippen molar-refractivity contribution in [2.75, 3.05) is 0 Å². The molecule has 0 fully saturated rings. The summed E-state index contributed by atoms with van der Waals surface area (Å²) < 4.78 is 63.2. The fourth-order valence-corrected chi connectivity index (χ4v) is 0. The Balaban J connectivity index is -0.0000000457. The van der Waals surface area contributed by atoms with Crippen molar-refractivity contribution in [3.05, 3.63) is 0 Å². The molecule has 0 amide bonds. The third-order valence-corrected chi connectivity index (χ3v) is 0. The number of hydrogen-bond acceptors (Lipinski definition) is 4. The van der Waals surface area contributed by atoms with Crippen LogP contribution in [-0.4, -0.2) is 35.0 Å². The van der Waals surface area contributed by atoms with Gasteiger partial charge < -0.3 is 0 Å². The van der Waals surface area contributed by atoms with Crippen LogP contribution < -0.4 is 0 Å². The molecule has 12 heavy (non-hydrogen) atoms. The first kappa shape index (κ1) is 23.0. The summed E-state index contributed by atoms with van der Waals surface area (Å²) in [4.78, 5) is 0. The molecule has 0 spiro atoms. The van der Waals surface area contributed by atoms with Crippen molar-refractivity contribution < 1.29 is 68.3 Å². The molecule has 0 aromatic heterocycles.